The van der Waals surface area contributed by atoms with Crippen molar-refractivity contribution in [1.29, 1.82) is 0 Å². The Kier molecular flexibility index (Phi) is 5.61. The summed E-state index contributed by atoms with van der Waals surface area (Å²) in [5.74, 6) is -0.448. The number of primary amides is 1. The zero-order chi connectivity index (χ0) is 17.0. The number of methoxy groups -OCH3 is 1. The van der Waals surface area contributed by atoms with Crippen LogP contribution in [0, 0.1) is 0 Å². The molecule has 1 saturated heterocycles. The van der Waals surface area contributed by atoms with Gasteiger partial charge < -0.3 is 15.4 Å². The molecule has 1 aromatic carbocycles. The zero-order valence-corrected chi connectivity index (χ0v) is 14.3. The number of hydrogen-bond donors (Lipinski definition) is 1. The standard InChI is InChI=1S/C15H23N3O4S/c1-3-6-17-7-9-18(10-8-17)23(20,21)12-4-5-14(22-2)13(11-12)15(16)19/h4-5,11H,3,6-10H2,1-2H3,(H2,16,19). The molecule has 0 saturated carbocycles. The van der Waals surface area contributed by atoms with E-state index < -0.39 is 15.9 Å². The molecule has 23 heavy (non-hydrogen) atoms. The Morgan fingerprint density at radius 2 is 1.91 bits per heavy atom. The van der Waals surface area contributed by atoms with Gasteiger partial charge in [0, 0.05) is 26.2 Å². The van der Waals surface area contributed by atoms with Crippen molar-refractivity contribution in [3.05, 3.63) is 23.8 Å². The number of amides is 1. The lowest BCUT2D eigenvalue weighted by Crippen LogP contribution is -2.48. The molecule has 0 aliphatic carbocycles. The Morgan fingerprint density at radius 1 is 1.26 bits per heavy atom. The van der Waals surface area contributed by atoms with E-state index >= 15 is 0 Å². The summed E-state index contributed by atoms with van der Waals surface area (Å²) in [6, 6.07) is 4.19. The Hall–Kier alpha value is -1.64. The van der Waals surface area contributed by atoms with Crippen LogP contribution in [-0.4, -0.2) is 63.4 Å². The van der Waals surface area contributed by atoms with Gasteiger partial charge in [-0.3, -0.25) is 4.79 Å². The first-order valence-electron chi connectivity index (χ1n) is 7.60. The van der Waals surface area contributed by atoms with Gasteiger partial charge in [-0.25, -0.2) is 8.42 Å². The lowest BCUT2D eigenvalue weighted by molar-refractivity contribution is 0.0997. The smallest absolute Gasteiger partial charge is 0.252 e. The summed E-state index contributed by atoms with van der Waals surface area (Å²) in [4.78, 5) is 13.8. The fourth-order valence-corrected chi connectivity index (χ4v) is 4.15. The molecule has 0 radical (unpaired) electrons. The van der Waals surface area contributed by atoms with Gasteiger partial charge in [0.15, 0.2) is 0 Å². The highest BCUT2D eigenvalue weighted by molar-refractivity contribution is 7.89. The number of piperazine rings is 1. The molecular weight excluding hydrogens is 318 g/mol. The van der Waals surface area contributed by atoms with E-state index in [0.29, 0.717) is 26.2 Å². The number of carbonyl (C=O) groups is 1. The van der Waals surface area contributed by atoms with Crippen molar-refractivity contribution < 1.29 is 17.9 Å². The highest BCUT2D eigenvalue weighted by Gasteiger charge is 2.29. The lowest BCUT2D eigenvalue weighted by Gasteiger charge is -2.33. The SMILES string of the molecule is CCCN1CCN(S(=O)(=O)c2ccc(OC)c(C(N)=O)c2)CC1. The van der Waals surface area contributed by atoms with Crippen LogP contribution in [0.1, 0.15) is 23.7 Å². The summed E-state index contributed by atoms with van der Waals surface area (Å²) in [6.07, 6.45) is 1.05. The molecule has 2 rings (SSSR count). The summed E-state index contributed by atoms with van der Waals surface area (Å²) in [6.45, 7) is 5.40. The quantitative estimate of drug-likeness (QED) is 0.814. The summed E-state index contributed by atoms with van der Waals surface area (Å²) < 4.78 is 32.0. The summed E-state index contributed by atoms with van der Waals surface area (Å²) >= 11 is 0. The van der Waals surface area contributed by atoms with Crippen LogP contribution in [0.2, 0.25) is 0 Å². The second kappa shape index (κ2) is 7.29. The molecule has 0 aromatic heterocycles. The number of rotatable bonds is 6. The Bertz CT molecular complexity index is 667. The predicted molar refractivity (Wildman–Crippen MR) is 87.0 cm³/mol. The number of nitrogens with two attached hydrogens (primary N) is 1. The minimum atomic E-state index is -3.64. The molecule has 1 fully saturated rings. The second-order valence-corrected chi connectivity index (χ2v) is 7.41. The van der Waals surface area contributed by atoms with Gasteiger partial charge in [-0.15, -0.1) is 0 Å². The van der Waals surface area contributed by atoms with Crippen LogP contribution in [0.3, 0.4) is 0 Å². The van der Waals surface area contributed by atoms with E-state index in [1.807, 2.05) is 0 Å². The Labute approximate surface area is 137 Å². The summed E-state index contributed by atoms with van der Waals surface area (Å²) in [7, 11) is -2.23. The van der Waals surface area contributed by atoms with Crippen LogP contribution < -0.4 is 10.5 Å². The molecule has 7 nitrogen and oxygen atoms in total. The van der Waals surface area contributed by atoms with E-state index in [4.69, 9.17) is 10.5 Å². The van der Waals surface area contributed by atoms with E-state index in [9.17, 15) is 13.2 Å². The number of benzene rings is 1. The van der Waals surface area contributed by atoms with Crippen molar-refractivity contribution in [2.45, 2.75) is 18.2 Å². The maximum Gasteiger partial charge on any atom is 0.252 e. The normalized spacial score (nSPS) is 17.1. The minimum Gasteiger partial charge on any atom is -0.496 e. The number of nitrogens with zero attached hydrogens (tertiary/aromatic N) is 2. The average Bonchev–Trinajstić information content (AvgIpc) is 2.55. The molecule has 1 heterocycles. The molecule has 2 N–H and O–H groups in total. The van der Waals surface area contributed by atoms with Gasteiger partial charge in [-0.2, -0.15) is 4.31 Å². The Morgan fingerprint density at radius 3 is 2.43 bits per heavy atom. The van der Waals surface area contributed by atoms with Crippen molar-refractivity contribution in [2.24, 2.45) is 5.73 Å². The first kappa shape index (κ1) is 17.7. The van der Waals surface area contributed by atoms with Crippen LogP contribution in [0.5, 0.6) is 5.75 Å². The van der Waals surface area contributed by atoms with Gasteiger partial charge in [-0.05, 0) is 31.2 Å². The van der Waals surface area contributed by atoms with Crippen LogP contribution in [-0.2, 0) is 10.0 Å². The molecule has 0 spiro atoms. The first-order valence-corrected chi connectivity index (χ1v) is 9.04. The van der Waals surface area contributed by atoms with Crippen molar-refractivity contribution >= 4 is 15.9 Å². The predicted octanol–water partition coefficient (Wildman–Crippen LogP) is 0.510. The van der Waals surface area contributed by atoms with Crippen LogP contribution >= 0.6 is 0 Å². The van der Waals surface area contributed by atoms with Crippen LogP contribution in [0.15, 0.2) is 23.1 Å². The molecule has 0 unspecified atom stereocenters. The van der Waals surface area contributed by atoms with Gasteiger partial charge in [-0.1, -0.05) is 6.92 Å². The fourth-order valence-electron chi connectivity index (χ4n) is 2.70. The van der Waals surface area contributed by atoms with E-state index in [-0.39, 0.29) is 16.2 Å². The number of carbonyl (C=O) groups excluding carboxylic acids is 1. The number of hydrogen-bond acceptors (Lipinski definition) is 5. The third-order valence-electron chi connectivity index (χ3n) is 3.95. The molecular formula is C15H23N3O4S. The molecule has 0 bridgehead atoms. The maximum atomic E-state index is 12.7. The molecule has 1 aliphatic heterocycles. The lowest BCUT2D eigenvalue weighted by atomic mass is 10.2. The van der Waals surface area contributed by atoms with Crippen molar-refractivity contribution in [1.82, 2.24) is 9.21 Å². The molecule has 8 heteroatoms. The van der Waals surface area contributed by atoms with Gasteiger partial charge in [0.2, 0.25) is 10.0 Å². The zero-order valence-electron chi connectivity index (χ0n) is 13.5. The molecule has 128 valence electrons. The number of ether oxygens (including phenoxy) is 1. The van der Waals surface area contributed by atoms with Crippen molar-refractivity contribution in [3.63, 3.8) is 0 Å². The van der Waals surface area contributed by atoms with E-state index in [1.165, 1.54) is 29.6 Å². The molecule has 1 amide bonds. The highest BCUT2D eigenvalue weighted by atomic mass is 32.2. The largest absolute Gasteiger partial charge is 0.496 e. The molecule has 1 aromatic rings. The summed E-state index contributed by atoms with van der Waals surface area (Å²) in [5, 5.41) is 0. The van der Waals surface area contributed by atoms with E-state index in [0.717, 1.165) is 13.0 Å². The third kappa shape index (κ3) is 3.82. The van der Waals surface area contributed by atoms with Crippen LogP contribution in [0.4, 0.5) is 0 Å². The Balaban J connectivity index is 2.23. The monoisotopic (exact) mass is 341 g/mol. The van der Waals surface area contributed by atoms with Gasteiger partial charge >= 0.3 is 0 Å². The second-order valence-electron chi connectivity index (χ2n) is 5.47. The third-order valence-corrected chi connectivity index (χ3v) is 5.84. The topological polar surface area (TPSA) is 92.9 Å². The minimum absolute atomic E-state index is 0.0658. The van der Waals surface area contributed by atoms with E-state index in [2.05, 4.69) is 11.8 Å². The van der Waals surface area contributed by atoms with Crippen molar-refractivity contribution in [3.8, 4) is 5.75 Å². The maximum absolute atomic E-state index is 12.7. The first-order chi connectivity index (χ1) is 10.9. The van der Waals surface area contributed by atoms with Crippen molar-refractivity contribution in [2.75, 3.05) is 39.8 Å². The number of sulfonamides is 1. The van der Waals surface area contributed by atoms with Gasteiger partial charge in [0.05, 0.1) is 17.6 Å². The molecule has 0 atom stereocenters. The highest BCUT2D eigenvalue weighted by Crippen LogP contribution is 2.25. The molecule has 1 aliphatic rings. The van der Waals surface area contributed by atoms with E-state index in [1.54, 1.807) is 0 Å². The van der Waals surface area contributed by atoms with Crippen LogP contribution in [0.25, 0.3) is 0 Å². The van der Waals surface area contributed by atoms with Gasteiger partial charge in [0.1, 0.15) is 5.75 Å². The van der Waals surface area contributed by atoms with Gasteiger partial charge in [0.25, 0.3) is 5.91 Å². The fraction of sp³-hybridized carbons (Fsp3) is 0.533. The summed E-state index contributed by atoms with van der Waals surface area (Å²) in [5.41, 5.74) is 5.37. The average molecular weight is 341 g/mol.